The van der Waals surface area contributed by atoms with Gasteiger partial charge in [-0.15, -0.1) is 5.10 Å². The van der Waals surface area contributed by atoms with Crippen LogP contribution < -0.4 is 15.9 Å². The summed E-state index contributed by atoms with van der Waals surface area (Å²) in [4.78, 5) is 15.1. The molecule has 3 heterocycles. The number of aromatic nitrogens is 5. The molecule has 1 aliphatic heterocycles. The van der Waals surface area contributed by atoms with Crippen molar-refractivity contribution in [2.75, 3.05) is 32.0 Å². The summed E-state index contributed by atoms with van der Waals surface area (Å²) in [7, 11) is 0. The summed E-state index contributed by atoms with van der Waals surface area (Å²) in [6.07, 6.45) is 1.53. The van der Waals surface area contributed by atoms with E-state index in [4.69, 9.17) is 19.8 Å². The molecule has 37 heavy (non-hydrogen) atoms. The van der Waals surface area contributed by atoms with E-state index < -0.39 is 5.91 Å². The van der Waals surface area contributed by atoms with Gasteiger partial charge in [0.25, 0.3) is 5.91 Å². The fourth-order valence-corrected chi connectivity index (χ4v) is 3.74. The predicted molar refractivity (Wildman–Crippen MR) is 132 cm³/mol. The summed E-state index contributed by atoms with van der Waals surface area (Å²) in [5.41, 5.74) is 10.8. The standard InChI is InChI=1S/C24H25N9O4/c25-22-23(30-37-29-22)33-20(15-32-9-11-35-12-10-32)21(27-31-33)24(34)28-26-14-18-7-4-8-19(13-18)36-16-17-5-2-1-3-6-17/h1-8,13-14H,9-12,15-16H2,(H2,25,29)(H,28,34). The molecule has 0 bridgehead atoms. The van der Waals surface area contributed by atoms with Crippen molar-refractivity contribution < 1.29 is 18.9 Å². The number of rotatable bonds is 9. The van der Waals surface area contributed by atoms with E-state index in [1.165, 1.54) is 10.9 Å². The van der Waals surface area contributed by atoms with E-state index in [1.807, 2.05) is 54.6 Å². The minimum atomic E-state index is -0.530. The second-order valence-electron chi connectivity index (χ2n) is 8.20. The highest BCUT2D eigenvalue weighted by Crippen LogP contribution is 2.18. The molecule has 0 saturated carbocycles. The number of benzene rings is 2. The average Bonchev–Trinajstić information content (AvgIpc) is 3.54. The van der Waals surface area contributed by atoms with Gasteiger partial charge in [0.15, 0.2) is 5.69 Å². The van der Waals surface area contributed by atoms with Crippen LogP contribution in [0.3, 0.4) is 0 Å². The highest BCUT2D eigenvalue weighted by atomic mass is 16.6. The van der Waals surface area contributed by atoms with Gasteiger partial charge in [-0.2, -0.15) is 9.78 Å². The maximum Gasteiger partial charge on any atom is 0.293 e. The zero-order chi connectivity index (χ0) is 25.5. The lowest BCUT2D eigenvalue weighted by atomic mass is 10.2. The molecule has 4 aromatic rings. The van der Waals surface area contributed by atoms with E-state index in [-0.39, 0.29) is 17.3 Å². The van der Waals surface area contributed by atoms with Gasteiger partial charge >= 0.3 is 0 Å². The number of carbonyl (C=O) groups excluding carboxylic acids is 1. The van der Waals surface area contributed by atoms with E-state index in [9.17, 15) is 4.79 Å². The minimum absolute atomic E-state index is 0.0347. The normalized spacial score (nSPS) is 14.2. The Morgan fingerprint density at radius 3 is 2.76 bits per heavy atom. The number of nitrogens with zero attached hydrogens (tertiary/aromatic N) is 7. The van der Waals surface area contributed by atoms with Gasteiger partial charge in [-0.1, -0.05) is 47.7 Å². The van der Waals surface area contributed by atoms with Crippen LogP contribution in [-0.4, -0.2) is 68.6 Å². The van der Waals surface area contributed by atoms with Crippen LogP contribution in [0.2, 0.25) is 0 Å². The lowest BCUT2D eigenvalue weighted by molar-refractivity contribution is 0.0332. The summed E-state index contributed by atoms with van der Waals surface area (Å²) in [5.74, 6) is 0.351. The smallest absolute Gasteiger partial charge is 0.293 e. The number of anilines is 1. The summed E-state index contributed by atoms with van der Waals surface area (Å²) >= 11 is 0. The van der Waals surface area contributed by atoms with Crippen molar-refractivity contribution >= 4 is 17.9 Å². The van der Waals surface area contributed by atoms with Crippen LogP contribution in [0.15, 0.2) is 64.3 Å². The van der Waals surface area contributed by atoms with Gasteiger partial charge in [0.1, 0.15) is 12.4 Å². The highest BCUT2D eigenvalue weighted by molar-refractivity contribution is 5.94. The first kappa shape index (κ1) is 24.1. The molecule has 190 valence electrons. The van der Waals surface area contributed by atoms with Crippen LogP contribution in [0.5, 0.6) is 5.75 Å². The van der Waals surface area contributed by atoms with E-state index in [2.05, 4.69) is 36.1 Å². The van der Waals surface area contributed by atoms with E-state index in [1.54, 1.807) is 0 Å². The van der Waals surface area contributed by atoms with Crippen LogP contribution >= 0.6 is 0 Å². The molecule has 13 heteroatoms. The molecule has 0 unspecified atom stereocenters. The number of carbonyl (C=O) groups is 1. The number of amides is 1. The zero-order valence-corrected chi connectivity index (χ0v) is 19.9. The fourth-order valence-electron chi connectivity index (χ4n) is 3.74. The van der Waals surface area contributed by atoms with Gasteiger partial charge in [-0.25, -0.2) is 10.1 Å². The Balaban J connectivity index is 1.28. The number of nitrogens with two attached hydrogens (primary N) is 1. The van der Waals surface area contributed by atoms with Crippen molar-refractivity contribution in [3.05, 3.63) is 77.1 Å². The van der Waals surface area contributed by atoms with Crippen molar-refractivity contribution in [3.63, 3.8) is 0 Å². The second-order valence-corrected chi connectivity index (χ2v) is 8.20. The molecule has 1 aliphatic rings. The first-order valence-electron chi connectivity index (χ1n) is 11.6. The fraction of sp³-hybridized carbons (Fsp3) is 0.250. The first-order chi connectivity index (χ1) is 18.2. The Kier molecular flexibility index (Phi) is 7.43. The second kappa shape index (κ2) is 11.4. The molecule has 2 aromatic carbocycles. The Labute approximate surface area is 211 Å². The molecule has 1 saturated heterocycles. The molecule has 0 atom stereocenters. The Hall–Kier alpha value is -4.62. The molecule has 0 radical (unpaired) electrons. The topological polar surface area (TPSA) is 159 Å². The molecule has 2 aromatic heterocycles. The number of ether oxygens (including phenoxy) is 2. The van der Waals surface area contributed by atoms with Crippen LogP contribution in [0.25, 0.3) is 5.82 Å². The molecule has 0 spiro atoms. The molecular weight excluding hydrogens is 478 g/mol. The maximum atomic E-state index is 13.0. The third-order valence-corrected chi connectivity index (χ3v) is 5.64. The average molecular weight is 504 g/mol. The van der Waals surface area contributed by atoms with Crippen LogP contribution in [0.1, 0.15) is 27.3 Å². The molecular formula is C24H25N9O4. The monoisotopic (exact) mass is 503 g/mol. The summed E-state index contributed by atoms with van der Waals surface area (Å²) in [5, 5.41) is 19.6. The number of hydrogen-bond donors (Lipinski definition) is 2. The number of hydrazone groups is 1. The van der Waals surface area contributed by atoms with E-state index >= 15 is 0 Å². The third-order valence-electron chi connectivity index (χ3n) is 5.64. The lowest BCUT2D eigenvalue weighted by Crippen LogP contribution is -2.37. The summed E-state index contributed by atoms with van der Waals surface area (Å²) < 4.78 is 17.3. The van der Waals surface area contributed by atoms with Crippen molar-refractivity contribution in [1.82, 2.24) is 35.6 Å². The van der Waals surface area contributed by atoms with Gasteiger partial charge in [0.05, 0.1) is 25.1 Å². The lowest BCUT2D eigenvalue weighted by Gasteiger charge is -2.26. The third kappa shape index (κ3) is 5.97. The van der Waals surface area contributed by atoms with Gasteiger partial charge in [-0.05, 0) is 33.6 Å². The quantitative estimate of drug-likeness (QED) is 0.253. The Bertz CT molecular complexity index is 1360. The van der Waals surface area contributed by atoms with Gasteiger partial charge in [-0.3, -0.25) is 9.69 Å². The molecule has 3 N–H and O–H groups in total. The van der Waals surface area contributed by atoms with Crippen LogP contribution in [0, 0.1) is 0 Å². The van der Waals surface area contributed by atoms with E-state index in [0.29, 0.717) is 50.9 Å². The van der Waals surface area contributed by atoms with E-state index in [0.717, 1.165) is 11.1 Å². The molecule has 1 fully saturated rings. The van der Waals surface area contributed by atoms with Gasteiger partial charge in [0.2, 0.25) is 11.6 Å². The summed E-state index contributed by atoms with van der Waals surface area (Å²) in [6.45, 7) is 3.39. The van der Waals surface area contributed by atoms with Gasteiger partial charge in [0, 0.05) is 19.6 Å². The zero-order valence-electron chi connectivity index (χ0n) is 19.9. The number of morpholine rings is 1. The first-order valence-corrected chi connectivity index (χ1v) is 11.6. The maximum absolute atomic E-state index is 13.0. The van der Waals surface area contributed by atoms with Crippen molar-refractivity contribution in [2.24, 2.45) is 5.10 Å². The Morgan fingerprint density at radius 1 is 1.14 bits per heavy atom. The molecule has 5 rings (SSSR count). The highest BCUT2D eigenvalue weighted by Gasteiger charge is 2.26. The largest absolute Gasteiger partial charge is 0.489 e. The number of nitrogens with one attached hydrogen (secondary N) is 1. The Morgan fingerprint density at radius 2 is 1.97 bits per heavy atom. The van der Waals surface area contributed by atoms with Gasteiger partial charge < -0.3 is 15.2 Å². The molecule has 1 amide bonds. The molecule has 0 aliphatic carbocycles. The minimum Gasteiger partial charge on any atom is -0.489 e. The predicted octanol–water partition coefficient (Wildman–Crippen LogP) is 1.41. The van der Waals surface area contributed by atoms with Crippen LogP contribution in [0.4, 0.5) is 5.82 Å². The van der Waals surface area contributed by atoms with Crippen LogP contribution in [-0.2, 0) is 17.9 Å². The molecule has 13 nitrogen and oxygen atoms in total. The SMILES string of the molecule is Nc1nonc1-n1nnc(C(=O)NN=Cc2cccc(OCc3ccccc3)c2)c1CN1CCOCC1. The van der Waals surface area contributed by atoms with Crippen molar-refractivity contribution in [1.29, 1.82) is 0 Å². The van der Waals surface area contributed by atoms with Crippen molar-refractivity contribution in [3.8, 4) is 11.6 Å². The number of nitrogen functional groups attached to an aromatic ring is 1. The summed E-state index contributed by atoms with van der Waals surface area (Å²) in [6, 6.07) is 17.3. The number of hydrogen-bond acceptors (Lipinski definition) is 11. The van der Waals surface area contributed by atoms with Crippen molar-refractivity contribution in [2.45, 2.75) is 13.2 Å².